The van der Waals surface area contributed by atoms with Crippen molar-refractivity contribution in [2.24, 2.45) is 0 Å². The molecule has 92 valence electrons. The average molecular weight is 241 g/mol. The minimum Gasteiger partial charge on any atom is -0.480 e. The van der Waals surface area contributed by atoms with Crippen LogP contribution in [0.4, 0.5) is 4.39 Å². The fourth-order valence-corrected chi connectivity index (χ4v) is 1.23. The molecule has 1 rings (SSSR count). The number of amides is 1. The highest BCUT2D eigenvalue weighted by Gasteiger charge is 2.21. The van der Waals surface area contributed by atoms with Gasteiger partial charge in [-0.05, 0) is 24.6 Å². The molecule has 1 aromatic rings. The second-order valence-electron chi connectivity index (χ2n) is 3.53. The molecule has 17 heavy (non-hydrogen) atoms. The van der Waals surface area contributed by atoms with E-state index in [1.54, 1.807) is 6.92 Å². The van der Waals surface area contributed by atoms with Crippen LogP contribution < -0.4 is 5.32 Å². The van der Waals surface area contributed by atoms with Crippen LogP contribution in [0.25, 0.3) is 0 Å². The highest BCUT2D eigenvalue weighted by atomic mass is 19.1. The fourth-order valence-electron chi connectivity index (χ4n) is 1.23. The van der Waals surface area contributed by atoms with Gasteiger partial charge in [-0.15, -0.1) is 0 Å². The Hall–Kier alpha value is -1.95. The van der Waals surface area contributed by atoms with Gasteiger partial charge >= 0.3 is 5.97 Å². The molecule has 0 spiro atoms. The molecule has 1 atom stereocenters. The number of hydrogen-bond donors (Lipinski definition) is 3. The summed E-state index contributed by atoms with van der Waals surface area (Å²) in [5, 5.41) is 19.3. The number of carbonyl (C=O) groups excluding carboxylic acids is 1. The summed E-state index contributed by atoms with van der Waals surface area (Å²) in [5.74, 6) is -2.98. The number of benzene rings is 1. The maximum Gasteiger partial charge on any atom is 0.328 e. The van der Waals surface area contributed by atoms with Gasteiger partial charge in [-0.2, -0.15) is 0 Å². The number of aliphatic hydroxyl groups is 1. The van der Waals surface area contributed by atoms with Gasteiger partial charge < -0.3 is 15.5 Å². The lowest BCUT2D eigenvalue weighted by Gasteiger charge is -2.12. The predicted molar refractivity (Wildman–Crippen MR) is 57.1 cm³/mol. The molecule has 0 aliphatic rings. The van der Waals surface area contributed by atoms with Crippen molar-refractivity contribution in [3.8, 4) is 0 Å². The summed E-state index contributed by atoms with van der Waals surface area (Å²) in [4.78, 5) is 22.1. The molecule has 5 nitrogen and oxygen atoms in total. The number of carboxylic acids is 1. The van der Waals surface area contributed by atoms with Crippen LogP contribution in [0.15, 0.2) is 18.2 Å². The van der Waals surface area contributed by atoms with E-state index in [2.05, 4.69) is 0 Å². The number of carboxylic acid groups (broad SMARTS) is 1. The smallest absolute Gasteiger partial charge is 0.328 e. The van der Waals surface area contributed by atoms with E-state index in [0.717, 1.165) is 0 Å². The third-order valence-corrected chi connectivity index (χ3v) is 2.16. The van der Waals surface area contributed by atoms with Gasteiger partial charge in [0, 0.05) is 0 Å². The standard InChI is InChI=1S/C11H12FNO4/c1-6-2-3-7(8(12)4-6)10(15)13-9(5-14)11(16)17/h2-4,9,14H,5H2,1H3,(H,13,15)(H,16,17)/t9-/m1/s1. The molecule has 0 saturated carbocycles. The Kier molecular flexibility index (Phi) is 4.17. The molecule has 1 aromatic carbocycles. The third-order valence-electron chi connectivity index (χ3n) is 2.16. The van der Waals surface area contributed by atoms with Crippen LogP contribution in [0.3, 0.4) is 0 Å². The molecular formula is C11H12FNO4. The number of nitrogens with one attached hydrogen (secondary N) is 1. The summed E-state index contributed by atoms with van der Waals surface area (Å²) in [5.41, 5.74) is 0.395. The molecule has 6 heteroatoms. The van der Waals surface area contributed by atoms with Crippen molar-refractivity contribution in [3.05, 3.63) is 35.1 Å². The minimum atomic E-state index is -1.44. The van der Waals surface area contributed by atoms with Gasteiger partial charge in [0.05, 0.1) is 12.2 Å². The third kappa shape index (κ3) is 3.25. The van der Waals surface area contributed by atoms with E-state index >= 15 is 0 Å². The lowest BCUT2D eigenvalue weighted by molar-refractivity contribution is -0.140. The first-order valence-electron chi connectivity index (χ1n) is 4.86. The van der Waals surface area contributed by atoms with E-state index in [1.165, 1.54) is 18.2 Å². The molecule has 1 amide bonds. The quantitative estimate of drug-likeness (QED) is 0.708. The lowest BCUT2D eigenvalue weighted by atomic mass is 10.1. The Balaban J connectivity index is 2.86. The Morgan fingerprint density at radius 2 is 2.12 bits per heavy atom. The zero-order chi connectivity index (χ0) is 13.0. The van der Waals surface area contributed by atoms with Crippen molar-refractivity contribution in [2.75, 3.05) is 6.61 Å². The Bertz CT molecular complexity index is 447. The molecule has 3 N–H and O–H groups in total. The second-order valence-corrected chi connectivity index (χ2v) is 3.53. The summed E-state index contributed by atoms with van der Waals surface area (Å²) in [6.45, 7) is 0.910. The number of rotatable bonds is 4. The van der Waals surface area contributed by atoms with E-state index in [9.17, 15) is 14.0 Å². The van der Waals surface area contributed by atoms with Crippen LogP contribution in [-0.2, 0) is 4.79 Å². The van der Waals surface area contributed by atoms with Crippen LogP contribution >= 0.6 is 0 Å². The largest absolute Gasteiger partial charge is 0.480 e. The number of aliphatic hydroxyl groups excluding tert-OH is 1. The number of aryl methyl sites for hydroxylation is 1. The lowest BCUT2D eigenvalue weighted by Crippen LogP contribution is -2.43. The van der Waals surface area contributed by atoms with Gasteiger partial charge in [-0.1, -0.05) is 6.07 Å². The van der Waals surface area contributed by atoms with Crippen molar-refractivity contribution < 1.29 is 24.2 Å². The number of hydrogen-bond acceptors (Lipinski definition) is 3. The molecule has 0 aliphatic heterocycles. The topological polar surface area (TPSA) is 86.6 Å². The average Bonchev–Trinajstić information content (AvgIpc) is 2.24. The van der Waals surface area contributed by atoms with Gasteiger partial charge in [0.15, 0.2) is 6.04 Å². The Morgan fingerprint density at radius 1 is 1.47 bits per heavy atom. The number of carbonyl (C=O) groups is 2. The minimum absolute atomic E-state index is 0.254. The molecule has 0 unspecified atom stereocenters. The number of halogens is 1. The van der Waals surface area contributed by atoms with E-state index in [4.69, 9.17) is 10.2 Å². The molecule has 0 fully saturated rings. The molecule has 0 bridgehead atoms. The van der Waals surface area contributed by atoms with Gasteiger partial charge in [0.25, 0.3) is 5.91 Å². The van der Waals surface area contributed by atoms with Crippen LogP contribution in [0.5, 0.6) is 0 Å². The number of aliphatic carboxylic acids is 1. The van der Waals surface area contributed by atoms with Crippen LogP contribution in [0.1, 0.15) is 15.9 Å². The molecule has 0 saturated heterocycles. The normalized spacial score (nSPS) is 11.9. The summed E-state index contributed by atoms with van der Waals surface area (Å²) in [6.07, 6.45) is 0. The van der Waals surface area contributed by atoms with E-state index in [1.807, 2.05) is 5.32 Å². The maximum absolute atomic E-state index is 13.4. The van der Waals surface area contributed by atoms with Gasteiger partial charge in [-0.3, -0.25) is 4.79 Å². The van der Waals surface area contributed by atoms with Crippen LogP contribution in [0.2, 0.25) is 0 Å². The molecular weight excluding hydrogens is 229 g/mol. The summed E-state index contributed by atoms with van der Waals surface area (Å²) < 4.78 is 13.4. The van der Waals surface area contributed by atoms with Gasteiger partial charge in [0.1, 0.15) is 5.82 Å². The van der Waals surface area contributed by atoms with Crippen molar-refractivity contribution in [1.29, 1.82) is 0 Å². The Labute approximate surface area is 96.9 Å². The zero-order valence-corrected chi connectivity index (χ0v) is 9.11. The Morgan fingerprint density at radius 3 is 2.59 bits per heavy atom. The first kappa shape index (κ1) is 13.1. The van der Waals surface area contributed by atoms with Crippen LogP contribution in [-0.4, -0.2) is 34.7 Å². The first-order valence-corrected chi connectivity index (χ1v) is 4.86. The van der Waals surface area contributed by atoms with Crippen LogP contribution in [0, 0.1) is 12.7 Å². The summed E-state index contributed by atoms with van der Waals surface area (Å²) in [6, 6.07) is 2.52. The SMILES string of the molecule is Cc1ccc(C(=O)N[C@H](CO)C(=O)O)c(F)c1. The van der Waals surface area contributed by atoms with Gasteiger partial charge in [0.2, 0.25) is 0 Å². The highest BCUT2D eigenvalue weighted by molar-refractivity contribution is 5.96. The fraction of sp³-hybridized carbons (Fsp3) is 0.273. The van der Waals surface area contributed by atoms with Crippen molar-refractivity contribution >= 4 is 11.9 Å². The zero-order valence-electron chi connectivity index (χ0n) is 9.11. The summed E-state index contributed by atoms with van der Waals surface area (Å²) in [7, 11) is 0. The van der Waals surface area contributed by atoms with Crippen molar-refractivity contribution in [2.45, 2.75) is 13.0 Å². The molecule has 0 radical (unpaired) electrons. The second kappa shape index (κ2) is 5.40. The van der Waals surface area contributed by atoms with E-state index < -0.39 is 30.3 Å². The predicted octanol–water partition coefficient (Wildman–Crippen LogP) is 0.309. The molecule has 0 aliphatic carbocycles. The maximum atomic E-state index is 13.4. The highest BCUT2D eigenvalue weighted by Crippen LogP contribution is 2.09. The molecule has 0 aromatic heterocycles. The van der Waals surface area contributed by atoms with Crippen molar-refractivity contribution in [3.63, 3.8) is 0 Å². The van der Waals surface area contributed by atoms with E-state index in [0.29, 0.717) is 5.56 Å². The van der Waals surface area contributed by atoms with Gasteiger partial charge in [-0.25, -0.2) is 9.18 Å². The molecule has 0 heterocycles. The summed E-state index contributed by atoms with van der Waals surface area (Å²) >= 11 is 0. The van der Waals surface area contributed by atoms with Crippen molar-refractivity contribution in [1.82, 2.24) is 5.32 Å². The first-order chi connectivity index (χ1) is 7.95. The monoisotopic (exact) mass is 241 g/mol. The van der Waals surface area contributed by atoms with E-state index in [-0.39, 0.29) is 5.56 Å².